The van der Waals surface area contributed by atoms with Gasteiger partial charge in [0.1, 0.15) is 12.0 Å². The zero-order chi connectivity index (χ0) is 15.5. The lowest BCUT2D eigenvalue weighted by Gasteiger charge is -2.23. The summed E-state index contributed by atoms with van der Waals surface area (Å²) in [7, 11) is 0. The molecule has 1 aromatic carbocycles. The van der Waals surface area contributed by atoms with Gasteiger partial charge in [0, 0.05) is 0 Å². The monoisotopic (exact) mass is 292 g/mol. The number of ether oxygens (including phenoxy) is 1. The van der Waals surface area contributed by atoms with Gasteiger partial charge in [0.2, 0.25) is 6.41 Å². The molecule has 1 atom stereocenters. The average molecular weight is 292 g/mol. The van der Waals surface area contributed by atoms with Gasteiger partial charge in [-0.25, -0.2) is 0 Å². The first-order chi connectivity index (χ1) is 9.85. The number of benzene rings is 1. The van der Waals surface area contributed by atoms with Crippen LogP contribution >= 0.6 is 0 Å². The van der Waals surface area contributed by atoms with Crippen molar-refractivity contribution in [1.82, 2.24) is 4.74 Å². The summed E-state index contributed by atoms with van der Waals surface area (Å²) in [4.78, 5) is 12.1. The lowest BCUT2D eigenvalue weighted by atomic mass is 10.2. The fraction of sp³-hybridized carbons (Fsp3) is 0.400. The number of aliphatic hydroxyl groups is 1. The van der Waals surface area contributed by atoms with Crippen molar-refractivity contribution in [2.75, 3.05) is 5.32 Å². The highest BCUT2D eigenvalue weighted by atomic mass is 16.6. The highest BCUT2D eigenvalue weighted by Gasteiger charge is 2.18. The van der Waals surface area contributed by atoms with Crippen LogP contribution in [0.15, 0.2) is 45.9 Å². The van der Waals surface area contributed by atoms with Crippen molar-refractivity contribution >= 4 is 5.69 Å². The minimum Gasteiger partial charge on any atom is -0.382 e. The molecule has 1 heterocycles. The molecule has 0 bridgehead atoms. The molecule has 1 aromatic heterocycles. The van der Waals surface area contributed by atoms with E-state index < -0.39 is 12.0 Å². The van der Waals surface area contributed by atoms with Crippen molar-refractivity contribution in [1.29, 1.82) is 0 Å². The number of aliphatic hydroxyl groups excluding tert-OH is 1. The average Bonchev–Trinajstić information content (AvgIpc) is 2.70. The van der Waals surface area contributed by atoms with Crippen LogP contribution in [-0.2, 0) is 11.3 Å². The second kappa shape index (κ2) is 6.15. The summed E-state index contributed by atoms with van der Waals surface area (Å²) >= 11 is 0. The molecule has 6 heteroatoms. The molecular weight excluding hydrogens is 272 g/mol. The largest absolute Gasteiger partial charge is 0.382 e. The van der Waals surface area contributed by atoms with Gasteiger partial charge in [-0.2, -0.15) is 4.74 Å². The molecule has 2 N–H and O–H groups in total. The SMILES string of the molecule is CC(C)(C)OC(O)Nc1con(Cc2ccccc2)c1=O. The molecule has 0 aliphatic rings. The Kier molecular flexibility index (Phi) is 4.50. The molecule has 0 amide bonds. The molecule has 0 spiro atoms. The summed E-state index contributed by atoms with van der Waals surface area (Å²) in [6.07, 6.45) is -0.0129. The molecule has 0 fully saturated rings. The Morgan fingerprint density at radius 3 is 2.62 bits per heavy atom. The van der Waals surface area contributed by atoms with E-state index in [1.807, 2.05) is 30.3 Å². The lowest BCUT2D eigenvalue weighted by molar-refractivity contribution is -0.148. The molecule has 0 aliphatic carbocycles. The highest BCUT2D eigenvalue weighted by Crippen LogP contribution is 2.11. The van der Waals surface area contributed by atoms with E-state index in [1.54, 1.807) is 20.8 Å². The first-order valence-corrected chi connectivity index (χ1v) is 6.70. The summed E-state index contributed by atoms with van der Waals surface area (Å²) in [6, 6.07) is 9.49. The van der Waals surface area contributed by atoms with Gasteiger partial charge in [0.05, 0.1) is 12.1 Å². The van der Waals surface area contributed by atoms with Crippen LogP contribution in [0.3, 0.4) is 0 Å². The standard InChI is InChI=1S/C15H20N2O4/c1-15(2,3)21-14(19)16-12-10-20-17(13(12)18)9-11-7-5-4-6-8-11/h4-8,10,14,16,19H,9H2,1-3H3. The first-order valence-electron chi connectivity index (χ1n) is 6.70. The third-order valence-electron chi connectivity index (χ3n) is 2.67. The Labute approximate surface area is 122 Å². The van der Waals surface area contributed by atoms with Gasteiger partial charge in [-0.1, -0.05) is 30.3 Å². The predicted molar refractivity (Wildman–Crippen MR) is 79.0 cm³/mol. The van der Waals surface area contributed by atoms with Crippen molar-refractivity contribution in [3.63, 3.8) is 0 Å². The minimum atomic E-state index is -1.28. The zero-order valence-electron chi connectivity index (χ0n) is 12.4. The van der Waals surface area contributed by atoms with Crippen LogP contribution in [0, 0.1) is 0 Å². The Morgan fingerprint density at radius 1 is 1.33 bits per heavy atom. The van der Waals surface area contributed by atoms with E-state index >= 15 is 0 Å². The number of rotatable bonds is 5. The molecule has 114 valence electrons. The maximum atomic E-state index is 12.1. The van der Waals surface area contributed by atoms with Crippen LogP contribution in [-0.4, -0.2) is 21.9 Å². The molecule has 6 nitrogen and oxygen atoms in total. The summed E-state index contributed by atoms with van der Waals surface area (Å²) in [5, 5.41) is 12.3. The smallest absolute Gasteiger partial charge is 0.306 e. The van der Waals surface area contributed by atoms with E-state index in [4.69, 9.17) is 9.26 Å². The van der Waals surface area contributed by atoms with E-state index in [-0.39, 0.29) is 11.2 Å². The Hall–Kier alpha value is -2.05. The minimum absolute atomic E-state index is 0.155. The van der Waals surface area contributed by atoms with E-state index in [9.17, 15) is 9.90 Å². The lowest BCUT2D eigenvalue weighted by Crippen LogP contribution is -2.34. The summed E-state index contributed by atoms with van der Waals surface area (Å²) in [5.41, 5.74) is 0.226. The Bertz CT molecular complexity index is 625. The number of hydrogen-bond donors (Lipinski definition) is 2. The van der Waals surface area contributed by atoms with Gasteiger partial charge in [-0.3, -0.25) is 4.79 Å². The third kappa shape index (κ3) is 4.47. The van der Waals surface area contributed by atoms with Crippen molar-refractivity contribution in [2.45, 2.75) is 39.3 Å². The number of nitrogens with zero attached hydrogens (tertiary/aromatic N) is 1. The number of anilines is 1. The molecule has 2 rings (SSSR count). The molecule has 0 saturated carbocycles. The third-order valence-corrected chi connectivity index (χ3v) is 2.67. The highest BCUT2D eigenvalue weighted by molar-refractivity contribution is 5.37. The van der Waals surface area contributed by atoms with E-state index in [0.717, 1.165) is 5.56 Å². The Balaban J connectivity index is 2.05. The van der Waals surface area contributed by atoms with Gasteiger partial charge in [0.15, 0.2) is 0 Å². The summed E-state index contributed by atoms with van der Waals surface area (Å²) in [6.45, 7) is 5.75. The van der Waals surface area contributed by atoms with Gasteiger partial charge in [0.25, 0.3) is 0 Å². The number of hydrogen-bond acceptors (Lipinski definition) is 5. The van der Waals surface area contributed by atoms with E-state index in [2.05, 4.69) is 5.32 Å². The zero-order valence-corrected chi connectivity index (χ0v) is 12.4. The van der Waals surface area contributed by atoms with Gasteiger partial charge in [-0.05, 0) is 26.3 Å². The van der Waals surface area contributed by atoms with Gasteiger partial charge >= 0.3 is 5.56 Å². The summed E-state index contributed by atoms with van der Waals surface area (Å²) in [5.74, 6) is 0. The van der Waals surface area contributed by atoms with Crippen molar-refractivity contribution in [2.24, 2.45) is 0 Å². The van der Waals surface area contributed by atoms with Crippen molar-refractivity contribution < 1.29 is 14.4 Å². The number of nitrogens with one attached hydrogen (secondary N) is 1. The van der Waals surface area contributed by atoms with Crippen molar-refractivity contribution in [3.05, 3.63) is 52.5 Å². The molecule has 2 aromatic rings. The van der Waals surface area contributed by atoms with Crippen LogP contribution in [0.5, 0.6) is 0 Å². The van der Waals surface area contributed by atoms with E-state index in [1.165, 1.54) is 11.0 Å². The van der Waals surface area contributed by atoms with Gasteiger partial charge < -0.3 is 19.7 Å². The van der Waals surface area contributed by atoms with Crippen LogP contribution in [0.2, 0.25) is 0 Å². The topological polar surface area (TPSA) is 76.6 Å². The Morgan fingerprint density at radius 2 is 2.00 bits per heavy atom. The van der Waals surface area contributed by atoms with Crippen molar-refractivity contribution in [3.8, 4) is 0 Å². The molecule has 0 saturated heterocycles. The van der Waals surface area contributed by atoms with Crippen LogP contribution < -0.4 is 10.9 Å². The second-order valence-electron chi connectivity index (χ2n) is 5.69. The second-order valence-corrected chi connectivity index (χ2v) is 5.69. The molecule has 21 heavy (non-hydrogen) atoms. The maximum Gasteiger partial charge on any atom is 0.306 e. The fourth-order valence-corrected chi connectivity index (χ4v) is 1.80. The maximum absolute atomic E-state index is 12.1. The normalized spacial score (nSPS) is 13.1. The molecular formula is C15H20N2O4. The first kappa shape index (κ1) is 15.3. The molecule has 0 radical (unpaired) electrons. The number of aromatic nitrogens is 1. The van der Waals surface area contributed by atoms with Crippen LogP contribution in [0.4, 0.5) is 5.69 Å². The quantitative estimate of drug-likeness (QED) is 0.824. The van der Waals surface area contributed by atoms with Crippen LogP contribution in [0.1, 0.15) is 26.3 Å². The van der Waals surface area contributed by atoms with Gasteiger partial charge in [-0.15, -0.1) is 0 Å². The van der Waals surface area contributed by atoms with E-state index in [0.29, 0.717) is 6.54 Å². The fourth-order valence-electron chi connectivity index (χ4n) is 1.80. The van der Waals surface area contributed by atoms with Crippen LogP contribution in [0.25, 0.3) is 0 Å². The summed E-state index contributed by atoms with van der Waals surface area (Å²) < 4.78 is 11.7. The molecule has 1 unspecified atom stereocenters. The predicted octanol–water partition coefficient (Wildman–Crippen LogP) is 1.99. The molecule has 0 aliphatic heterocycles.